The van der Waals surface area contributed by atoms with Crippen LogP contribution in [0.5, 0.6) is 0 Å². The molecule has 0 saturated heterocycles. The maximum atomic E-state index is 4.69. The molecule has 0 spiro atoms. The number of hydrogen-bond acceptors (Lipinski definition) is 2. The van der Waals surface area contributed by atoms with Gasteiger partial charge in [-0.1, -0.05) is 121 Å². The highest BCUT2D eigenvalue weighted by Gasteiger charge is 2.20. The number of pyridine rings is 1. The first-order chi connectivity index (χ1) is 23.8. The summed E-state index contributed by atoms with van der Waals surface area (Å²) in [6, 6.07) is 57.3. The van der Waals surface area contributed by atoms with Gasteiger partial charge in [-0.3, -0.25) is 4.98 Å². The Morgan fingerprint density at radius 2 is 1.08 bits per heavy atom. The first-order valence-electron chi connectivity index (χ1n) is 16.3. The van der Waals surface area contributed by atoms with Crippen molar-refractivity contribution in [2.24, 2.45) is 0 Å². The van der Waals surface area contributed by atoms with Crippen molar-refractivity contribution in [3.05, 3.63) is 170 Å². The molecule has 0 aliphatic heterocycles. The number of para-hydroxylation sites is 2. The molecule has 48 heavy (non-hydrogen) atoms. The highest BCUT2D eigenvalue weighted by atomic mass is 32.2. The zero-order valence-electron chi connectivity index (χ0n) is 26.0. The Morgan fingerprint density at radius 3 is 1.94 bits per heavy atom. The van der Waals surface area contributed by atoms with Crippen LogP contribution in [0.15, 0.2) is 180 Å². The van der Waals surface area contributed by atoms with E-state index >= 15 is 0 Å². The smallest absolute Gasteiger partial charge is 0.0541 e. The zero-order valence-corrected chi connectivity index (χ0v) is 26.8. The normalized spacial score (nSPS) is 11.8. The van der Waals surface area contributed by atoms with Gasteiger partial charge in [-0.15, -0.1) is 0 Å². The zero-order chi connectivity index (χ0) is 31.6. The lowest BCUT2D eigenvalue weighted by Gasteiger charge is -2.19. The summed E-state index contributed by atoms with van der Waals surface area (Å²) < 4.78 is 2.37. The summed E-state index contributed by atoms with van der Waals surface area (Å²) >= 11 is 1.85. The molecular formula is C45H28N2S. The van der Waals surface area contributed by atoms with Gasteiger partial charge in [0.25, 0.3) is 0 Å². The molecule has 8 aromatic carbocycles. The lowest BCUT2D eigenvalue weighted by atomic mass is 9.88. The Morgan fingerprint density at radius 1 is 0.438 bits per heavy atom. The van der Waals surface area contributed by atoms with Crippen LogP contribution in [0.4, 0.5) is 0 Å². The van der Waals surface area contributed by atoms with Gasteiger partial charge in [-0.2, -0.15) is 0 Å². The molecule has 0 fully saturated rings. The molecule has 0 saturated carbocycles. The van der Waals surface area contributed by atoms with Gasteiger partial charge in [0.1, 0.15) is 0 Å². The quantitative estimate of drug-likeness (QED) is 0.143. The van der Waals surface area contributed by atoms with Gasteiger partial charge >= 0.3 is 0 Å². The van der Waals surface area contributed by atoms with E-state index in [9.17, 15) is 0 Å². The SMILES string of the molecule is c1ccc(-n2c3ccccc3c3cc(Sc4c5ccccc5c(-c5cc6ccccc6c6ccccc56)c5cnccc45)ccc32)cc1. The Labute approximate surface area is 281 Å². The summed E-state index contributed by atoms with van der Waals surface area (Å²) in [6.07, 6.45) is 3.99. The second kappa shape index (κ2) is 10.8. The number of rotatable bonds is 4. The molecule has 0 bridgehead atoms. The molecule has 2 aromatic heterocycles. The third-order valence-corrected chi connectivity index (χ3v) is 10.8. The first kappa shape index (κ1) is 27.2. The Bertz CT molecular complexity index is 2810. The molecule has 0 aliphatic carbocycles. The predicted octanol–water partition coefficient (Wildman–Crippen LogP) is 12.6. The number of fused-ring (bicyclic) bond motifs is 8. The molecule has 2 nitrogen and oxygen atoms in total. The molecule has 3 heteroatoms. The lowest BCUT2D eigenvalue weighted by molar-refractivity contribution is 1.18. The molecular weight excluding hydrogens is 601 g/mol. The molecule has 10 aromatic rings. The molecule has 0 N–H and O–H groups in total. The van der Waals surface area contributed by atoms with Crippen LogP contribution in [0.1, 0.15) is 0 Å². The molecule has 224 valence electrons. The second-order valence-corrected chi connectivity index (χ2v) is 13.4. The van der Waals surface area contributed by atoms with E-state index < -0.39 is 0 Å². The largest absolute Gasteiger partial charge is 0.309 e. The van der Waals surface area contributed by atoms with Gasteiger partial charge in [-0.05, 0) is 97.4 Å². The van der Waals surface area contributed by atoms with Crippen molar-refractivity contribution in [3.8, 4) is 16.8 Å². The Kier molecular flexibility index (Phi) is 6.15. The van der Waals surface area contributed by atoms with Gasteiger partial charge in [0, 0.05) is 44.0 Å². The number of benzene rings is 8. The van der Waals surface area contributed by atoms with Crippen molar-refractivity contribution in [2.75, 3.05) is 0 Å². The van der Waals surface area contributed by atoms with E-state index in [1.807, 2.05) is 18.0 Å². The van der Waals surface area contributed by atoms with Crippen molar-refractivity contribution < 1.29 is 0 Å². The minimum Gasteiger partial charge on any atom is -0.309 e. The maximum Gasteiger partial charge on any atom is 0.0541 e. The minimum atomic E-state index is 1.17. The lowest BCUT2D eigenvalue weighted by Crippen LogP contribution is -1.93. The summed E-state index contributed by atoms with van der Waals surface area (Å²) in [4.78, 5) is 7.16. The van der Waals surface area contributed by atoms with Crippen molar-refractivity contribution in [3.63, 3.8) is 0 Å². The average Bonchev–Trinajstić information content (AvgIpc) is 3.49. The summed E-state index contributed by atoms with van der Waals surface area (Å²) in [6.45, 7) is 0. The summed E-state index contributed by atoms with van der Waals surface area (Å²) in [5.41, 5.74) is 6.08. The number of hydrogen-bond donors (Lipinski definition) is 0. The number of aromatic nitrogens is 2. The summed E-state index contributed by atoms with van der Waals surface area (Å²) in [5, 5.41) is 12.4. The van der Waals surface area contributed by atoms with Gasteiger partial charge in [0.05, 0.1) is 11.0 Å². The van der Waals surface area contributed by atoms with Crippen LogP contribution < -0.4 is 0 Å². The fourth-order valence-corrected chi connectivity index (χ4v) is 8.76. The van der Waals surface area contributed by atoms with Crippen LogP contribution in [0.3, 0.4) is 0 Å². The van der Waals surface area contributed by atoms with Crippen LogP contribution in [0.2, 0.25) is 0 Å². The second-order valence-electron chi connectivity index (χ2n) is 12.3. The van der Waals surface area contributed by atoms with Crippen molar-refractivity contribution in [1.29, 1.82) is 0 Å². The van der Waals surface area contributed by atoms with Crippen molar-refractivity contribution in [2.45, 2.75) is 9.79 Å². The Hall–Kier alpha value is -5.90. The monoisotopic (exact) mass is 628 g/mol. The molecule has 0 atom stereocenters. The summed E-state index contributed by atoms with van der Waals surface area (Å²) in [7, 11) is 0. The third kappa shape index (κ3) is 4.11. The maximum absolute atomic E-state index is 4.69. The molecule has 0 amide bonds. The van der Waals surface area contributed by atoms with E-state index in [2.05, 4.69) is 168 Å². The fraction of sp³-hybridized carbons (Fsp3) is 0. The van der Waals surface area contributed by atoms with Crippen LogP contribution in [0, 0.1) is 0 Å². The first-order valence-corrected chi connectivity index (χ1v) is 17.1. The van der Waals surface area contributed by atoms with Crippen LogP contribution in [-0.4, -0.2) is 9.55 Å². The van der Waals surface area contributed by atoms with Crippen LogP contribution in [-0.2, 0) is 0 Å². The van der Waals surface area contributed by atoms with Crippen LogP contribution >= 0.6 is 11.8 Å². The van der Waals surface area contributed by atoms with E-state index in [-0.39, 0.29) is 0 Å². The summed E-state index contributed by atoms with van der Waals surface area (Å²) in [5.74, 6) is 0. The van der Waals surface area contributed by atoms with E-state index in [0.29, 0.717) is 0 Å². The topological polar surface area (TPSA) is 17.8 Å². The molecule has 10 rings (SSSR count). The minimum absolute atomic E-state index is 1.17. The standard InChI is InChI=1S/C45H28N2S/c1-2-13-30(14-3-1)47-42-21-11-10-18-35(42)39-27-31(22-23-43(39)47)48-45-37-20-9-8-19-36(37)44(41-28-46-25-24-38(41)45)40-26-29-12-4-5-15-32(29)33-16-6-7-17-34(33)40/h1-28H. The van der Waals surface area contributed by atoms with Gasteiger partial charge < -0.3 is 4.57 Å². The highest BCUT2D eigenvalue weighted by molar-refractivity contribution is 7.99. The van der Waals surface area contributed by atoms with Gasteiger partial charge in [-0.25, -0.2) is 0 Å². The van der Waals surface area contributed by atoms with Gasteiger partial charge in [0.15, 0.2) is 0 Å². The predicted molar refractivity (Wildman–Crippen MR) is 205 cm³/mol. The molecule has 0 aliphatic rings. The highest BCUT2D eigenvalue weighted by Crippen LogP contribution is 2.48. The molecule has 2 heterocycles. The van der Waals surface area contributed by atoms with Crippen LogP contribution in [0.25, 0.3) is 81.7 Å². The van der Waals surface area contributed by atoms with E-state index in [0.717, 1.165) is 0 Å². The number of nitrogens with zero attached hydrogens (tertiary/aromatic N) is 2. The van der Waals surface area contributed by atoms with Crippen molar-refractivity contribution >= 4 is 76.7 Å². The Balaban J connectivity index is 1.22. The van der Waals surface area contributed by atoms with E-state index in [4.69, 9.17) is 4.98 Å². The van der Waals surface area contributed by atoms with E-state index in [1.165, 1.54) is 91.5 Å². The van der Waals surface area contributed by atoms with Crippen molar-refractivity contribution in [1.82, 2.24) is 9.55 Å². The van der Waals surface area contributed by atoms with Gasteiger partial charge in [0.2, 0.25) is 0 Å². The fourth-order valence-electron chi connectivity index (χ4n) is 7.63. The average molecular weight is 629 g/mol. The molecule has 0 unspecified atom stereocenters. The third-order valence-electron chi connectivity index (χ3n) is 9.69. The molecule has 0 radical (unpaired) electrons. The van der Waals surface area contributed by atoms with E-state index in [1.54, 1.807) is 0 Å².